The van der Waals surface area contributed by atoms with Crippen LogP contribution in [0.5, 0.6) is 11.5 Å². The third kappa shape index (κ3) is 5.09. The zero-order valence-corrected chi connectivity index (χ0v) is 14.3. The predicted octanol–water partition coefficient (Wildman–Crippen LogP) is 1.55. The smallest absolute Gasteiger partial charge is 0.325 e. The van der Waals surface area contributed by atoms with Gasteiger partial charge < -0.3 is 24.3 Å². The van der Waals surface area contributed by atoms with Gasteiger partial charge in [-0.3, -0.25) is 9.59 Å². The molecule has 0 radical (unpaired) electrons. The highest BCUT2D eigenvalue weighted by Crippen LogP contribution is 2.34. The van der Waals surface area contributed by atoms with Crippen LogP contribution in [0, 0.1) is 5.92 Å². The van der Waals surface area contributed by atoms with Crippen LogP contribution < -0.4 is 14.8 Å². The summed E-state index contributed by atoms with van der Waals surface area (Å²) in [6, 6.07) is 5.04. The minimum absolute atomic E-state index is 0.00211. The lowest BCUT2D eigenvalue weighted by atomic mass is 10.2. The monoisotopic (exact) mass is 349 g/mol. The maximum atomic E-state index is 12.2. The van der Waals surface area contributed by atoms with Crippen LogP contribution in [0.25, 0.3) is 0 Å². The van der Waals surface area contributed by atoms with E-state index < -0.39 is 5.97 Å². The molecule has 2 aliphatic rings. The van der Waals surface area contributed by atoms with Crippen LogP contribution in [0.3, 0.4) is 0 Å². The Morgan fingerprint density at radius 2 is 2.08 bits per heavy atom. The molecule has 2 fully saturated rings. The largest absolute Gasteiger partial charge is 0.489 e. The lowest BCUT2D eigenvalue weighted by molar-refractivity contribution is -0.139. The molecule has 1 amide bonds. The summed E-state index contributed by atoms with van der Waals surface area (Å²) in [5, 5.41) is 2.52. The van der Waals surface area contributed by atoms with E-state index in [0.717, 1.165) is 6.42 Å². The molecule has 0 aromatic heterocycles. The minimum atomic E-state index is -0.500. The van der Waals surface area contributed by atoms with Crippen molar-refractivity contribution in [3.63, 3.8) is 0 Å². The Labute approximate surface area is 146 Å². The second kappa shape index (κ2) is 8.20. The maximum absolute atomic E-state index is 12.2. The van der Waals surface area contributed by atoms with Crippen molar-refractivity contribution in [2.24, 2.45) is 5.92 Å². The molecule has 1 heterocycles. The van der Waals surface area contributed by atoms with Crippen molar-refractivity contribution < 1.29 is 28.5 Å². The Morgan fingerprint density at radius 1 is 1.24 bits per heavy atom. The molecule has 136 valence electrons. The highest BCUT2D eigenvalue weighted by atomic mass is 16.6. The van der Waals surface area contributed by atoms with Gasteiger partial charge in [0.2, 0.25) is 0 Å². The van der Waals surface area contributed by atoms with E-state index in [1.165, 1.54) is 20.0 Å². The molecular weight excluding hydrogens is 326 g/mol. The van der Waals surface area contributed by atoms with Gasteiger partial charge in [0.05, 0.1) is 26.9 Å². The van der Waals surface area contributed by atoms with Crippen molar-refractivity contribution in [3.05, 3.63) is 23.8 Å². The Hall–Kier alpha value is -2.28. The third-order valence-electron chi connectivity index (χ3n) is 4.18. The molecule has 1 aliphatic heterocycles. The molecule has 1 aliphatic carbocycles. The standard InChI is InChI=1S/C18H23NO6/c1-22-17(20)9-19-18(21)13-4-5-15(25-14-6-7-23-11-14)16(8-13)24-10-12-2-3-12/h4-5,8,12,14H,2-3,6-7,9-11H2,1H3,(H,19,21). The van der Waals surface area contributed by atoms with Gasteiger partial charge in [-0.15, -0.1) is 0 Å². The topological polar surface area (TPSA) is 83.1 Å². The second-order valence-corrected chi connectivity index (χ2v) is 6.28. The van der Waals surface area contributed by atoms with Crippen LogP contribution in [-0.4, -0.2) is 51.5 Å². The Kier molecular flexibility index (Phi) is 5.75. The summed E-state index contributed by atoms with van der Waals surface area (Å²) < 4.78 is 21.7. The summed E-state index contributed by atoms with van der Waals surface area (Å²) in [6.07, 6.45) is 3.18. The molecule has 3 rings (SSSR count). The highest BCUT2D eigenvalue weighted by Gasteiger charge is 2.24. The average molecular weight is 349 g/mol. The van der Waals surface area contributed by atoms with E-state index >= 15 is 0 Å². The number of hydrogen-bond acceptors (Lipinski definition) is 6. The van der Waals surface area contributed by atoms with Crippen LogP contribution in [0.4, 0.5) is 0 Å². The maximum Gasteiger partial charge on any atom is 0.325 e. The van der Waals surface area contributed by atoms with E-state index in [2.05, 4.69) is 10.1 Å². The molecule has 1 aromatic carbocycles. The van der Waals surface area contributed by atoms with E-state index in [4.69, 9.17) is 14.2 Å². The van der Waals surface area contributed by atoms with Gasteiger partial charge >= 0.3 is 5.97 Å². The summed E-state index contributed by atoms with van der Waals surface area (Å²) in [7, 11) is 1.27. The van der Waals surface area contributed by atoms with E-state index in [-0.39, 0.29) is 18.6 Å². The zero-order chi connectivity index (χ0) is 17.6. The summed E-state index contributed by atoms with van der Waals surface area (Å²) in [5.74, 6) is 0.877. The summed E-state index contributed by atoms with van der Waals surface area (Å²) in [5.41, 5.74) is 0.407. The van der Waals surface area contributed by atoms with Gasteiger partial charge in [-0.05, 0) is 37.0 Å². The highest BCUT2D eigenvalue weighted by molar-refractivity contribution is 5.96. The van der Waals surface area contributed by atoms with Gasteiger partial charge in [-0.1, -0.05) is 0 Å². The summed E-state index contributed by atoms with van der Waals surface area (Å²) in [6.45, 7) is 1.69. The van der Waals surface area contributed by atoms with Crippen molar-refractivity contribution in [1.29, 1.82) is 0 Å². The van der Waals surface area contributed by atoms with E-state index in [9.17, 15) is 9.59 Å². The number of ether oxygens (including phenoxy) is 4. The first-order valence-corrected chi connectivity index (χ1v) is 8.52. The quantitative estimate of drug-likeness (QED) is 0.717. The minimum Gasteiger partial charge on any atom is -0.489 e. The normalized spacial score (nSPS) is 19.3. The van der Waals surface area contributed by atoms with Crippen molar-refractivity contribution in [1.82, 2.24) is 5.32 Å². The molecule has 0 spiro atoms. The molecule has 7 heteroatoms. The zero-order valence-electron chi connectivity index (χ0n) is 14.3. The fraction of sp³-hybridized carbons (Fsp3) is 0.556. The third-order valence-corrected chi connectivity index (χ3v) is 4.18. The van der Waals surface area contributed by atoms with Gasteiger partial charge in [-0.2, -0.15) is 0 Å². The van der Waals surface area contributed by atoms with Crippen LogP contribution in [-0.2, 0) is 14.3 Å². The number of carbonyl (C=O) groups is 2. The lowest BCUT2D eigenvalue weighted by Crippen LogP contribution is -2.30. The SMILES string of the molecule is COC(=O)CNC(=O)c1ccc(OC2CCOC2)c(OCC2CC2)c1. The average Bonchev–Trinajstić information content (AvgIpc) is 3.32. The van der Waals surface area contributed by atoms with E-state index in [0.29, 0.717) is 42.8 Å². The molecule has 1 atom stereocenters. The number of carbonyl (C=O) groups excluding carboxylic acids is 2. The number of hydrogen-bond donors (Lipinski definition) is 1. The van der Waals surface area contributed by atoms with Gasteiger partial charge in [0.1, 0.15) is 12.6 Å². The second-order valence-electron chi connectivity index (χ2n) is 6.28. The molecule has 1 saturated heterocycles. The molecule has 1 aromatic rings. The molecule has 1 N–H and O–H groups in total. The van der Waals surface area contributed by atoms with Crippen molar-refractivity contribution in [3.8, 4) is 11.5 Å². The Balaban J connectivity index is 1.69. The molecule has 0 bridgehead atoms. The van der Waals surface area contributed by atoms with Crippen LogP contribution in [0.1, 0.15) is 29.6 Å². The number of benzene rings is 1. The first-order chi connectivity index (χ1) is 12.2. The molecular formula is C18H23NO6. The first kappa shape index (κ1) is 17.5. The lowest BCUT2D eigenvalue weighted by Gasteiger charge is -2.17. The summed E-state index contributed by atoms with van der Waals surface area (Å²) in [4.78, 5) is 23.3. The van der Waals surface area contributed by atoms with Crippen molar-refractivity contribution >= 4 is 11.9 Å². The number of rotatable bonds is 8. The van der Waals surface area contributed by atoms with Crippen molar-refractivity contribution in [2.45, 2.75) is 25.4 Å². The number of esters is 1. The van der Waals surface area contributed by atoms with Crippen LogP contribution >= 0.6 is 0 Å². The number of amides is 1. The van der Waals surface area contributed by atoms with E-state index in [1.807, 2.05) is 0 Å². The molecule has 25 heavy (non-hydrogen) atoms. The van der Waals surface area contributed by atoms with Gasteiger partial charge in [-0.25, -0.2) is 0 Å². The van der Waals surface area contributed by atoms with Gasteiger partial charge in [0.25, 0.3) is 5.91 Å². The van der Waals surface area contributed by atoms with Crippen LogP contribution in [0.2, 0.25) is 0 Å². The first-order valence-electron chi connectivity index (χ1n) is 8.52. The van der Waals surface area contributed by atoms with Gasteiger partial charge in [0.15, 0.2) is 11.5 Å². The van der Waals surface area contributed by atoms with Crippen molar-refractivity contribution in [2.75, 3.05) is 33.5 Å². The van der Waals surface area contributed by atoms with E-state index in [1.54, 1.807) is 18.2 Å². The van der Waals surface area contributed by atoms with Crippen LogP contribution in [0.15, 0.2) is 18.2 Å². The number of nitrogens with one attached hydrogen (secondary N) is 1. The molecule has 1 unspecified atom stereocenters. The molecule has 1 saturated carbocycles. The predicted molar refractivity (Wildman–Crippen MR) is 88.9 cm³/mol. The summed E-state index contributed by atoms with van der Waals surface area (Å²) >= 11 is 0. The Bertz CT molecular complexity index is 622. The van der Waals surface area contributed by atoms with Gasteiger partial charge in [0, 0.05) is 12.0 Å². The Morgan fingerprint density at radius 3 is 2.76 bits per heavy atom. The number of methoxy groups -OCH3 is 1. The molecule has 7 nitrogen and oxygen atoms in total. The fourth-order valence-electron chi connectivity index (χ4n) is 2.46. The fourth-order valence-corrected chi connectivity index (χ4v) is 2.46.